The highest BCUT2D eigenvalue weighted by atomic mass is 16.6. The molecule has 6 N–H and O–H groups in total. The molecule has 186 valence electrons. The van der Waals surface area contributed by atoms with Gasteiger partial charge in [0.1, 0.15) is 11.2 Å². The Labute approximate surface area is 197 Å². The first-order valence-corrected chi connectivity index (χ1v) is 10.7. The maximum absolute atomic E-state index is 13.4. The molecule has 0 atom stereocenters. The summed E-state index contributed by atoms with van der Waals surface area (Å²) in [6.45, 7) is 9.46. The lowest BCUT2D eigenvalue weighted by atomic mass is 9.60. The number of carboxylic acid groups (broad SMARTS) is 2. The van der Waals surface area contributed by atoms with Crippen LogP contribution in [0.3, 0.4) is 0 Å². The van der Waals surface area contributed by atoms with E-state index in [1.165, 1.54) is 24.3 Å². The number of nitrogens with two attached hydrogens (primary N) is 2. The van der Waals surface area contributed by atoms with Crippen LogP contribution in [0.4, 0.5) is 11.4 Å². The molecule has 1 aromatic carbocycles. The molecule has 0 aromatic heterocycles. The van der Waals surface area contributed by atoms with Crippen molar-refractivity contribution in [3.8, 4) is 0 Å². The minimum atomic E-state index is -2.71. The smallest absolute Gasteiger partial charge is 0.325 e. The summed E-state index contributed by atoms with van der Waals surface area (Å²) < 4.78 is 10.9. The first-order chi connectivity index (χ1) is 15.4. The molecule has 0 saturated heterocycles. The van der Waals surface area contributed by atoms with Gasteiger partial charge in [-0.25, -0.2) is 0 Å². The Kier molecular flexibility index (Phi) is 6.80. The van der Waals surface area contributed by atoms with E-state index >= 15 is 0 Å². The molecule has 1 aliphatic carbocycles. The van der Waals surface area contributed by atoms with Crippen LogP contribution in [-0.2, 0) is 28.7 Å². The molecule has 0 fully saturated rings. The van der Waals surface area contributed by atoms with E-state index < -0.39 is 52.3 Å². The van der Waals surface area contributed by atoms with E-state index in [0.717, 1.165) is 0 Å². The minimum Gasteiger partial charge on any atom is -0.480 e. The lowest BCUT2D eigenvalue weighted by molar-refractivity contribution is -0.189. The first kappa shape index (κ1) is 26.7. The van der Waals surface area contributed by atoms with Crippen LogP contribution >= 0.6 is 0 Å². The summed E-state index contributed by atoms with van der Waals surface area (Å²) in [4.78, 5) is 52.0. The molecule has 10 nitrogen and oxygen atoms in total. The second-order valence-electron chi connectivity index (χ2n) is 10.4. The number of carbonyl (C=O) groups is 4. The predicted molar refractivity (Wildman–Crippen MR) is 124 cm³/mol. The summed E-state index contributed by atoms with van der Waals surface area (Å²) in [7, 11) is 0. The van der Waals surface area contributed by atoms with Gasteiger partial charge in [0.2, 0.25) is 0 Å². The van der Waals surface area contributed by atoms with Gasteiger partial charge in [-0.15, -0.1) is 0 Å². The van der Waals surface area contributed by atoms with Crippen LogP contribution in [0.25, 0.3) is 5.57 Å². The third-order valence-electron chi connectivity index (χ3n) is 5.42. The summed E-state index contributed by atoms with van der Waals surface area (Å²) in [6.07, 6.45) is -0.0675. The quantitative estimate of drug-likeness (QED) is 0.280. The number of anilines is 2. The zero-order valence-corrected chi connectivity index (χ0v) is 20.2. The number of para-hydroxylation sites is 1. The standard InChI is InChI=1S/C24H32N2O8/c1-21(2,3)33-19(31)23(20(32)34-22(4,5)6)11-10-14(13-8-7-9-15(25)16(13)26)24(12-23,17(27)28)18(29)30/h7-10H,11-12,25-26H2,1-6H3,(H,27,28)(H,29,30). The Balaban J connectivity index is 2.86. The second kappa shape index (κ2) is 8.66. The van der Waals surface area contributed by atoms with Crippen molar-refractivity contribution in [2.75, 3.05) is 11.5 Å². The van der Waals surface area contributed by atoms with E-state index in [1.807, 2.05) is 0 Å². The highest BCUT2D eigenvalue weighted by Crippen LogP contribution is 2.54. The van der Waals surface area contributed by atoms with Gasteiger partial charge in [-0.1, -0.05) is 18.2 Å². The van der Waals surface area contributed by atoms with Crippen molar-refractivity contribution in [1.82, 2.24) is 0 Å². The van der Waals surface area contributed by atoms with Crippen molar-refractivity contribution in [3.63, 3.8) is 0 Å². The number of carboxylic acids is 2. The molecule has 10 heteroatoms. The van der Waals surface area contributed by atoms with Gasteiger partial charge in [-0.2, -0.15) is 0 Å². The molecule has 0 radical (unpaired) electrons. The molecule has 0 bridgehead atoms. The minimum absolute atomic E-state index is 0.0114. The lowest BCUT2D eigenvalue weighted by Crippen LogP contribution is -2.55. The SMILES string of the molecule is CC(C)(C)OC(=O)C1(C(=O)OC(C)(C)C)CC=C(c2cccc(N)c2N)C(C(=O)O)(C(=O)O)C1. The zero-order chi connectivity index (χ0) is 26.3. The highest BCUT2D eigenvalue weighted by Gasteiger charge is 2.64. The van der Waals surface area contributed by atoms with Crippen LogP contribution < -0.4 is 11.5 Å². The van der Waals surface area contributed by atoms with Crippen molar-refractivity contribution in [3.05, 3.63) is 29.8 Å². The van der Waals surface area contributed by atoms with Crippen molar-refractivity contribution < 1.29 is 38.9 Å². The number of benzene rings is 1. The van der Waals surface area contributed by atoms with Crippen LogP contribution in [0.1, 0.15) is 59.9 Å². The number of aliphatic carboxylic acids is 2. The molecule has 1 aromatic rings. The van der Waals surface area contributed by atoms with Crippen LogP contribution in [0.2, 0.25) is 0 Å². The molecule has 2 rings (SSSR count). The number of carbonyl (C=O) groups excluding carboxylic acids is 2. The van der Waals surface area contributed by atoms with Gasteiger partial charge in [0.15, 0.2) is 10.8 Å². The fraction of sp³-hybridized carbons (Fsp3) is 0.500. The molecule has 1 aliphatic rings. The van der Waals surface area contributed by atoms with E-state index in [2.05, 4.69) is 0 Å². The number of nitrogen functional groups attached to an aromatic ring is 2. The Morgan fingerprint density at radius 3 is 1.76 bits per heavy atom. The molecule has 0 heterocycles. The zero-order valence-electron chi connectivity index (χ0n) is 20.2. The van der Waals surface area contributed by atoms with Crippen molar-refractivity contribution >= 4 is 40.8 Å². The third kappa shape index (κ3) is 4.85. The maximum Gasteiger partial charge on any atom is 0.325 e. The molecular weight excluding hydrogens is 444 g/mol. The van der Waals surface area contributed by atoms with Crippen LogP contribution in [-0.4, -0.2) is 45.3 Å². The maximum atomic E-state index is 13.4. The van der Waals surface area contributed by atoms with E-state index in [4.69, 9.17) is 20.9 Å². The number of rotatable bonds is 5. The largest absolute Gasteiger partial charge is 0.480 e. The van der Waals surface area contributed by atoms with Gasteiger partial charge in [0.05, 0.1) is 11.4 Å². The summed E-state index contributed by atoms with van der Waals surface area (Å²) in [5.41, 5.74) is 4.92. The Morgan fingerprint density at radius 1 is 0.882 bits per heavy atom. The summed E-state index contributed by atoms with van der Waals surface area (Å²) in [6, 6.07) is 4.42. The van der Waals surface area contributed by atoms with E-state index in [1.54, 1.807) is 41.5 Å². The average Bonchev–Trinajstić information content (AvgIpc) is 2.66. The Bertz CT molecular complexity index is 1020. The Morgan fingerprint density at radius 2 is 1.35 bits per heavy atom. The molecule has 0 spiro atoms. The molecule has 0 amide bonds. The molecule has 0 saturated carbocycles. The summed E-state index contributed by atoms with van der Waals surface area (Å²) >= 11 is 0. The van der Waals surface area contributed by atoms with Gasteiger partial charge in [0, 0.05) is 12.0 Å². The predicted octanol–water partition coefficient (Wildman–Crippen LogP) is 2.85. The highest BCUT2D eigenvalue weighted by molar-refractivity contribution is 6.15. The summed E-state index contributed by atoms with van der Waals surface area (Å²) in [5, 5.41) is 20.4. The normalized spacial score (nSPS) is 17.3. The first-order valence-electron chi connectivity index (χ1n) is 10.7. The van der Waals surface area contributed by atoms with Gasteiger partial charge < -0.3 is 31.2 Å². The number of hydrogen-bond acceptors (Lipinski definition) is 8. The van der Waals surface area contributed by atoms with Crippen LogP contribution in [0.5, 0.6) is 0 Å². The monoisotopic (exact) mass is 476 g/mol. The molecule has 0 aliphatic heterocycles. The number of hydrogen-bond donors (Lipinski definition) is 4. The fourth-order valence-electron chi connectivity index (χ4n) is 3.85. The average molecular weight is 477 g/mol. The van der Waals surface area contributed by atoms with Gasteiger partial charge >= 0.3 is 23.9 Å². The van der Waals surface area contributed by atoms with E-state index in [0.29, 0.717) is 0 Å². The van der Waals surface area contributed by atoms with E-state index in [9.17, 15) is 29.4 Å². The Hall–Kier alpha value is -3.56. The molecule has 0 unspecified atom stereocenters. The molecular formula is C24H32N2O8. The van der Waals surface area contributed by atoms with Gasteiger partial charge in [-0.3, -0.25) is 19.2 Å². The lowest BCUT2D eigenvalue weighted by Gasteiger charge is -2.42. The molecule has 34 heavy (non-hydrogen) atoms. The number of ether oxygens (including phenoxy) is 2. The third-order valence-corrected chi connectivity index (χ3v) is 5.42. The topological polar surface area (TPSA) is 179 Å². The van der Waals surface area contributed by atoms with Crippen molar-refractivity contribution in [2.24, 2.45) is 10.8 Å². The fourth-order valence-corrected chi connectivity index (χ4v) is 3.85. The van der Waals surface area contributed by atoms with Crippen molar-refractivity contribution in [2.45, 2.75) is 65.6 Å². The summed E-state index contributed by atoms with van der Waals surface area (Å²) in [5.74, 6) is -5.69. The number of esters is 2. The number of allylic oxidation sites excluding steroid dienone is 1. The van der Waals surface area contributed by atoms with Crippen LogP contribution in [0.15, 0.2) is 24.3 Å². The second-order valence-corrected chi connectivity index (χ2v) is 10.4. The van der Waals surface area contributed by atoms with Crippen molar-refractivity contribution in [1.29, 1.82) is 0 Å². The van der Waals surface area contributed by atoms with Crippen LogP contribution in [0, 0.1) is 10.8 Å². The van der Waals surface area contributed by atoms with Gasteiger partial charge in [-0.05, 0) is 59.6 Å². The van der Waals surface area contributed by atoms with E-state index in [-0.39, 0.29) is 28.9 Å². The van der Waals surface area contributed by atoms with Gasteiger partial charge in [0.25, 0.3) is 0 Å².